The van der Waals surface area contributed by atoms with Gasteiger partial charge in [0.15, 0.2) is 23.8 Å². The molecule has 9 atom stereocenters. The van der Waals surface area contributed by atoms with Gasteiger partial charge in [0.2, 0.25) is 0 Å². The van der Waals surface area contributed by atoms with E-state index in [9.17, 15) is 19.1 Å². The molecule has 200 valence electrons. The summed E-state index contributed by atoms with van der Waals surface area (Å²) in [6.45, 7) is 12.5. The normalized spacial score (nSPS) is 48.2. The fourth-order valence-corrected chi connectivity index (χ4v) is 9.06. The van der Waals surface area contributed by atoms with Crippen LogP contribution in [-0.2, 0) is 14.4 Å². The van der Waals surface area contributed by atoms with Crippen LogP contribution >= 0.6 is 0 Å². The topological polar surface area (TPSA) is 66.8 Å². The van der Waals surface area contributed by atoms with Crippen LogP contribution in [0.1, 0.15) is 67.2 Å². The highest BCUT2D eigenvalue weighted by atomic mass is 19.1. The molecule has 1 saturated heterocycles. The van der Waals surface area contributed by atoms with E-state index in [1.807, 2.05) is 18.9 Å². The second-order valence-electron chi connectivity index (χ2n) is 14.0. The highest BCUT2D eigenvalue weighted by Crippen LogP contribution is 2.76. The molecule has 7 heteroatoms. The van der Waals surface area contributed by atoms with Crippen molar-refractivity contribution < 1.29 is 28.3 Å². The number of halogens is 2. The highest BCUT2D eigenvalue weighted by Gasteiger charge is 2.79. The predicted molar refractivity (Wildman–Crippen MR) is 132 cm³/mol. The maximum atomic E-state index is 15.8. The van der Waals surface area contributed by atoms with Crippen molar-refractivity contribution in [2.24, 2.45) is 39.4 Å². The molecule has 1 N–H and O–H groups in total. The molecular weight excluding hydrogens is 464 g/mol. The number of hydrogen-bond donors (Lipinski definition) is 1. The predicted octanol–water partition coefficient (Wildman–Crippen LogP) is 4.79. The molecule has 4 aliphatic carbocycles. The minimum Gasteiger partial charge on any atom is -0.393 e. The molecular formula is C29H41F2NO4. The number of nitrogens with zero attached hydrogens (tertiary/aromatic N) is 1. The SMILES string of the molecule is CC(C)(C)CCN1CC2CC3(C)C4CC(F)C5=CC(=O)C=CC5(C)C4C(O)CC3(C)C2(C(=O)CF)O1. The molecule has 0 aromatic rings. The number of rotatable bonds is 4. The van der Waals surface area contributed by atoms with Crippen LogP contribution in [0.15, 0.2) is 23.8 Å². The number of aliphatic hydroxyl groups excluding tert-OH is 1. The van der Waals surface area contributed by atoms with E-state index in [0.29, 0.717) is 25.1 Å². The van der Waals surface area contributed by atoms with Gasteiger partial charge in [0.1, 0.15) is 6.17 Å². The maximum Gasteiger partial charge on any atom is 0.198 e. The van der Waals surface area contributed by atoms with Gasteiger partial charge >= 0.3 is 0 Å². The zero-order chi connectivity index (χ0) is 26.5. The van der Waals surface area contributed by atoms with Crippen molar-refractivity contribution in [1.82, 2.24) is 5.06 Å². The van der Waals surface area contributed by atoms with Crippen molar-refractivity contribution in [3.63, 3.8) is 0 Å². The Morgan fingerprint density at radius 1 is 1.25 bits per heavy atom. The summed E-state index contributed by atoms with van der Waals surface area (Å²) in [6, 6.07) is 0. The van der Waals surface area contributed by atoms with Crippen molar-refractivity contribution >= 4 is 11.6 Å². The van der Waals surface area contributed by atoms with E-state index in [0.717, 1.165) is 6.42 Å². The van der Waals surface area contributed by atoms with Crippen LogP contribution in [0.4, 0.5) is 8.78 Å². The first-order chi connectivity index (χ1) is 16.6. The number of alkyl halides is 2. The molecule has 0 radical (unpaired) electrons. The summed E-state index contributed by atoms with van der Waals surface area (Å²) < 4.78 is 30.0. The second-order valence-corrected chi connectivity index (χ2v) is 14.0. The number of ketones is 2. The summed E-state index contributed by atoms with van der Waals surface area (Å²) in [4.78, 5) is 32.1. The minimum atomic E-state index is -1.37. The average Bonchev–Trinajstić information content (AvgIpc) is 3.23. The van der Waals surface area contributed by atoms with Crippen LogP contribution < -0.4 is 0 Å². The number of carbonyl (C=O) groups excluding carboxylic acids is 2. The van der Waals surface area contributed by atoms with Crippen molar-refractivity contribution in [3.8, 4) is 0 Å². The van der Waals surface area contributed by atoms with Crippen LogP contribution in [-0.4, -0.2) is 59.4 Å². The Labute approximate surface area is 213 Å². The minimum absolute atomic E-state index is 0.0821. The Balaban J connectivity index is 1.56. The Hall–Kier alpha value is -1.44. The van der Waals surface area contributed by atoms with Crippen LogP contribution in [0, 0.1) is 39.4 Å². The highest BCUT2D eigenvalue weighted by molar-refractivity contribution is 6.01. The molecule has 4 fully saturated rings. The standard InChI is InChI=1S/C29H41F2NO4/c1-25(2,3)9-10-32-16-17-13-27(5)20-12-21(31)19-11-18(33)7-8-26(19,4)24(20)22(34)14-28(27,6)29(17,36-32)23(35)15-30/h7-8,11,17,20-22,24,34H,9-10,12-16H2,1-6H3. The van der Waals surface area contributed by atoms with Crippen molar-refractivity contribution in [3.05, 3.63) is 23.8 Å². The van der Waals surface area contributed by atoms with Gasteiger partial charge in [0.25, 0.3) is 0 Å². The lowest BCUT2D eigenvalue weighted by atomic mass is 9.41. The number of Topliss-reactive ketones (excluding diaryl/α,β-unsaturated/α-hetero) is 1. The number of hydrogen-bond acceptors (Lipinski definition) is 5. The van der Waals surface area contributed by atoms with Gasteiger partial charge in [-0.05, 0) is 60.2 Å². The second kappa shape index (κ2) is 8.03. The third kappa shape index (κ3) is 3.27. The number of aliphatic hydroxyl groups is 1. The molecule has 0 aromatic heterocycles. The van der Waals surface area contributed by atoms with Gasteiger partial charge in [0, 0.05) is 35.8 Å². The largest absolute Gasteiger partial charge is 0.393 e. The molecule has 36 heavy (non-hydrogen) atoms. The molecule has 0 aromatic carbocycles. The molecule has 5 aliphatic rings. The number of hydroxylamine groups is 2. The average molecular weight is 506 g/mol. The van der Waals surface area contributed by atoms with Crippen LogP contribution in [0.3, 0.4) is 0 Å². The first kappa shape index (κ1) is 26.2. The van der Waals surface area contributed by atoms with E-state index >= 15 is 4.39 Å². The summed E-state index contributed by atoms with van der Waals surface area (Å²) in [6.07, 6.45) is 4.41. The maximum absolute atomic E-state index is 15.8. The fourth-order valence-electron chi connectivity index (χ4n) is 9.06. The summed E-state index contributed by atoms with van der Waals surface area (Å²) in [5, 5.41) is 13.5. The van der Waals surface area contributed by atoms with E-state index < -0.39 is 46.6 Å². The van der Waals surface area contributed by atoms with E-state index in [4.69, 9.17) is 4.84 Å². The van der Waals surface area contributed by atoms with E-state index in [2.05, 4.69) is 27.7 Å². The number of carbonyl (C=O) groups is 2. The van der Waals surface area contributed by atoms with Crippen LogP contribution in [0.25, 0.3) is 0 Å². The van der Waals surface area contributed by atoms with E-state index in [1.54, 1.807) is 6.08 Å². The van der Waals surface area contributed by atoms with Gasteiger partial charge in [-0.1, -0.05) is 47.6 Å². The fraction of sp³-hybridized carbons (Fsp3) is 0.793. The van der Waals surface area contributed by atoms with E-state index in [1.165, 1.54) is 12.2 Å². The van der Waals surface area contributed by atoms with Gasteiger partial charge in [-0.15, -0.1) is 0 Å². The number of fused-ring (bicyclic) bond motifs is 7. The first-order valence-electron chi connectivity index (χ1n) is 13.4. The van der Waals surface area contributed by atoms with Gasteiger partial charge in [-0.2, -0.15) is 5.06 Å². The molecule has 5 nitrogen and oxygen atoms in total. The number of allylic oxidation sites excluding steroid dienone is 4. The smallest absolute Gasteiger partial charge is 0.198 e. The van der Waals surface area contributed by atoms with Crippen LogP contribution in [0.5, 0.6) is 0 Å². The van der Waals surface area contributed by atoms with Gasteiger partial charge < -0.3 is 5.11 Å². The van der Waals surface area contributed by atoms with Gasteiger partial charge in [-0.25, -0.2) is 8.78 Å². The Morgan fingerprint density at radius 2 is 1.94 bits per heavy atom. The molecule has 1 heterocycles. The first-order valence-corrected chi connectivity index (χ1v) is 13.4. The Kier molecular flexibility index (Phi) is 5.84. The Bertz CT molecular complexity index is 1030. The third-order valence-corrected chi connectivity index (χ3v) is 11.0. The summed E-state index contributed by atoms with van der Waals surface area (Å²) in [7, 11) is 0. The van der Waals surface area contributed by atoms with Crippen molar-refractivity contribution in [2.75, 3.05) is 19.8 Å². The third-order valence-electron chi connectivity index (χ3n) is 11.0. The quantitative estimate of drug-likeness (QED) is 0.595. The zero-order valence-electron chi connectivity index (χ0n) is 22.4. The van der Waals surface area contributed by atoms with Gasteiger partial charge in [-0.3, -0.25) is 14.4 Å². The Morgan fingerprint density at radius 3 is 2.58 bits per heavy atom. The summed E-state index contributed by atoms with van der Waals surface area (Å²) in [5.41, 5.74) is -3.04. The van der Waals surface area contributed by atoms with Crippen molar-refractivity contribution in [2.45, 2.75) is 85.1 Å². The van der Waals surface area contributed by atoms with E-state index in [-0.39, 0.29) is 41.8 Å². The summed E-state index contributed by atoms with van der Waals surface area (Å²) >= 11 is 0. The van der Waals surface area contributed by atoms with Crippen molar-refractivity contribution in [1.29, 1.82) is 0 Å². The monoisotopic (exact) mass is 505 g/mol. The molecule has 0 spiro atoms. The lowest BCUT2D eigenvalue weighted by Crippen LogP contribution is -2.67. The molecule has 5 rings (SSSR count). The molecule has 0 bridgehead atoms. The lowest BCUT2D eigenvalue weighted by molar-refractivity contribution is -0.268. The summed E-state index contributed by atoms with van der Waals surface area (Å²) in [5.74, 6) is -1.57. The lowest BCUT2D eigenvalue weighted by Gasteiger charge is -2.64. The molecule has 9 unspecified atom stereocenters. The van der Waals surface area contributed by atoms with Crippen LogP contribution in [0.2, 0.25) is 0 Å². The molecule has 1 aliphatic heterocycles. The molecule has 0 amide bonds. The van der Waals surface area contributed by atoms with Gasteiger partial charge in [0.05, 0.1) is 6.10 Å². The zero-order valence-corrected chi connectivity index (χ0v) is 22.4. The molecule has 3 saturated carbocycles.